The van der Waals surface area contributed by atoms with Gasteiger partial charge in [-0.05, 0) is 145 Å². The lowest BCUT2D eigenvalue weighted by molar-refractivity contribution is 0.0626. The molecule has 2 heterocycles. The van der Waals surface area contributed by atoms with Crippen LogP contribution in [0.15, 0.2) is 146 Å². The summed E-state index contributed by atoms with van der Waals surface area (Å²) in [4.78, 5) is 55.5. The van der Waals surface area contributed by atoms with Gasteiger partial charge in [0.25, 0.3) is 11.8 Å². The first-order valence-corrected chi connectivity index (χ1v) is 23.0. The van der Waals surface area contributed by atoms with Crippen LogP contribution in [0.4, 0.5) is 11.4 Å². The summed E-state index contributed by atoms with van der Waals surface area (Å²) in [6, 6.07) is 45.7. The number of benzene rings is 7. The average molecular weight is 913 g/mol. The van der Waals surface area contributed by atoms with Gasteiger partial charge < -0.3 is 39.7 Å². The number of carbonyl (C=O) groups excluding carboxylic acids is 2. The lowest BCUT2D eigenvalue weighted by Crippen LogP contribution is -2.47. The maximum atomic E-state index is 14.2. The van der Waals surface area contributed by atoms with Crippen molar-refractivity contribution in [2.75, 3.05) is 50.2 Å². The highest BCUT2D eigenvalue weighted by Gasteiger charge is 2.31. The van der Waals surface area contributed by atoms with Crippen LogP contribution < -0.4 is 24.6 Å². The Labute approximate surface area is 396 Å². The summed E-state index contributed by atoms with van der Waals surface area (Å²) in [6.07, 6.45) is 3.27. The number of carbonyl (C=O) groups is 4. The van der Waals surface area contributed by atoms with E-state index >= 15 is 0 Å². The minimum atomic E-state index is -0.935. The third-order valence-electron chi connectivity index (χ3n) is 13.0. The van der Waals surface area contributed by atoms with E-state index < -0.39 is 11.9 Å². The number of piperidine rings is 2. The molecule has 0 spiro atoms. The number of hydrogen-bond acceptors (Lipinski definition) is 8. The Morgan fingerprint density at radius 3 is 1.46 bits per heavy atom. The summed E-state index contributed by atoms with van der Waals surface area (Å²) in [5, 5.41) is 25.7. The summed E-state index contributed by atoms with van der Waals surface area (Å²) in [5.41, 5.74) is 5.76. The van der Waals surface area contributed by atoms with Crippen molar-refractivity contribution in [3.8, 4) is 11.5 Å². The topological polar surface area (TPSA) is 149 Å². The fraction of sp³-hybridized carbons (Fsp3) is 0.250. The van der Waals surface area contributed by atoms with E-state index in [0.717, 1.165) is 95.9 Å². The van der Waals surface area contributed by atoms with Crippen LogP contribution in [0.25, 0.3) is 21.5 Å². The first kappa shape index (κ1) is 46.7. The number of anilines is 2. The van der Waals surface area contributed by atoms with Crippen LogP contribution in [-0.4, -0.2) is 91.3 Å². The lowest BCUT2D eigenvalue weighted by Gasteiger charge is -2.40. The highest BCUT2D eigenvalue weighted by Crippen LogP contribution is 2.35. The Morgan fingerprint density at radius 1 is 0.559 bits per heavy atom. The number of carboxylic acid groups (broad SMARTS) is 2. The first-order chi connectivity index (χ1) is 33.0. The number of fused-ring (bicyclic) bond motifs is 2. The van der Waals surface area contributed by atoms with Gasteiger partial charge in [0.05, 0.1) is 37.5 Å². The number of aryl methyl sites for hydroxylation is 1. The van der Waals surface area contributed by atoms with Crippen LogP contribution in [-0.2, 0) is 6.54 Å². The van der Waals surface area contributed by atoms with E-state index in [1.165, 1.54) is 0 Å². The Balaban J connectivity index is 0.000000196. The zero-order valence-corrected chi connectivity index (χ0v) is 38.6. The van der Waals surface area contributed by atoms with Crippen LogP contribution in [0.5, 0.6) is 11.5 Å². The van der Waals surface area contributed by atoms with Crippen LogP contribution in [0.1, 0.15) is 78.2 Å². The third kappa shape index (κ3) is 10.9. The average Bonchev–Trinajstić information content (AvgIpc) is 3.38. The molecule has 3 N–H and O–H groups in total. The molecule has 9 rings (SSSR count). The lowest BCUT2D eigenvalue weighted by atomic mass is 9.98. The number of aromatic carboxylic acids is 2. The number of amides is 2. The Hall–Kier alpha value is -7.86. The summed E-state index contributed by atoms with van der Waals surface area (Å²) < 4.78 is 11.5. The SMILES string of the molecule is COc1cc(C)cc(OC)c1CN(C(=O)c1ccc2ccccc2c1)C1CCN(c2ccc(C(=O)O)cc2)CC1.O=C(O)c1ccc(N2CCC(NC(=O)c3ccc4ccccc4c3)CC2)cc1. The second-order valence-electron chi connectivity index (χ2n) is 17.4. The normalized spacial score (nSPS) is 14.2. The summed E-state index contributed by atoms with van der Waals surface area (Å²) in [7, 11) is 3.28. The molecule has 7 aromatic rings. The molecule has 0 atom stereocenters. The second-order valence-corrected chi connectivity index (χ2v) is 17.4. The van der Waals surface area contributed by atoms with Crippen molar-refractivity contribution in [1.29, 1.82) is 0 Å². The molecule has 2 amide bonds. The Morgan fingerprint density at radius 2 is 0.985 bits per heavy atom. The maximum absolute atomic E-state index is 14.2. The van der Waals surface area contributed by atoms with Gasteiger partial charge in [0.2, 0.25) is 0 Å². The maximum Gasteiger partial charge on any atom is 0.335 e. The van der Waals surface area contributed by atoms with Gasteiger partial charge in [-0.25, -0.2) is 9.59 Å². The highest BCUT2D eigenvalue weighted by molar-refractivity contribution is 6.00. The minimum absolute atomic E-state index is 0.00392. The molecule has 0 radical (unpaired) electrons. The highest BCUT2D eigenvalue weighted by atomic mass is 16.5. The standard InChI is InChI=1S/C33H34N2O5.C23H22N2O3/c1-22-18-30(39-2)29(31(19-22)40-3)21-35(32(36)26-9-8-23-6-4-5-7-25(23)20-26)28-14-16-34(17-15-28)27-12-10-24(11-13-27)33(37)38;26-22(19-6-5-16-3-1-2-4-18(16)15-19)24-20-11-13-25(14-12-20)21-9-7-17(8-10-21)23(27)28/h4-13,18-20,28H,14-17,21H2,1-3H3,(H,37,38);1-10,15,20H,11-14H2,(H,24,26)(H,27,28). The number of methoxy groups -OCH3 is 2. The predicted molar refractivity (Wildman–Crippen MR) is 267 cm³/mol. The molecule has 0 bridgehead atoms. The fourth-order valence-corrected chi connectivity index (χ4v) is 9.24. The van der Waals surface area contributed by atoms with Crippen LogP contribution in [0.3, 0.4) is 0 Å². The van der Waals surface area contributed by atoms with E-state index in [2.05, 4.69) is 15.1 Å². The van der Waals surface area contributed by atoms with Crippen molar-refractivity contribution in [1.82, 2.24) is 10.2 Å². The largest absolute Gasteiger partial charge is 0.496 e. The number of ether oxygens (including phenoxy) is 2. The smallest absolute Gasteiger partial charge is 0.335 e. The van der Waals surface area contributed by atoms with Gasteiger partial charge in [-0.1, -0.05) is 60.7 Å². The molecule has 2 aliphatic rings. The number of hydrogen-bond donors (Lipinski definition) is 3. The van der Waals surface area contributed by atoms with Crippen molar-refractivity contribution in [3.05, 3.63) is 179 Å². The monoisotopic (exact) mass is 912 g/mol. The van der Waals surface area contributed by atoms with E-state index in [1.807, 2.05) is 133 Å². The quantitative estimate of drug-likeness (QED) is 0.108. The van der Waals surface area contributed by atoms with Gasteiger partial charge in [-0.3, -0.25) is 9.59 Å². The molecule has 7 aromatic carbocycles. The number of carboxylic acids is 2. The van der Waals surface area contributed by atoms with Crippen molar-refractivity contribution >= 4 is 56.7 Å². The summed E-state index contributed by atoms with van der Waals surface area (Å²) >= 11 is 0. The number of nitrogens with one attached hydrogen (secondary N) is 1. The molecular weight excluding hydrogens is 857 g/mol. The molecule has 12 heteroatoms. The molecule has 2 fully saturated rings. The van der Waals surface area contributed by atoms with Gasteiger partial charge in [-0.15, -0.1) is 0 Å². The van der Waals surface area contributed by atoms with Crippen LogP contribution >= 0.6 is 0 Å². The van der Waals surface area contributed by atoms with E-state index in [4.69, 9.17) is 14.6 Å². The molecule has 348 valence electrons. The molecule has 0 saturated carbocycles. The molecule has 0 aliphatic carbocycles. The van der Waals surface area contributed by atoms with E-state index in [9.17, 15) is 24.3 Å². The molecule has 0 unspecified atom stereocenters. The molecular formula is C56H56N4O8. The van der Waals surface area contributed by atoms with Gasteiger partial charge in [0, 0.05) is 60.8 Å². The summed E-state index contributed by atoms with van der Waals surface area (Å²) in [5.74, 6) is -0.514. The van der Waals surface area contributed by atoms with E-state index in [1.54, 1.807) is 38.5 Å². The Bertz CT molecular complexity index is 2900. The van der Waals surface area contributed by atoms with Gasteiger partial charge >= 0.3 is 11.9 Å². The van der Waals surface area contributed by atoms with Gasteiger partial charge in [0.15, 0.2) is 0 Å². The minimum Gasteiger partial charge on any atom is -0.496 e. The molecule has 68 heavy (non-hydrogen) atoms. The first-order valence-electron chi connectivity index (χ1n) is 23.0. The van der Waals surface area contributed by atoms with Crippen molar-refractivity contribution < 1.29 is 38.9 Å². The van der Waals surface area contributed by atoms with Crippen molar-refractivity contribution in [2.24, 2.45) is 0 Å². The van der Waals surface area contributed by atoms with Crippen molar-refractivity contribution in [3.63, 3.8) is 0 Å². The fourth-order valence-electron chi connectivity index (χ4n) is 9.24. The zero-order chi connectivity index (χ0) is 47.7. The third-order valence-corrected chi connectivity index (χ3v) is 13.0. The number of rotatable bonds is 12. The van der Waals surface area contributed by atoms with Crippen LogP contribution in [0, 0.1) is 6.92 Å². The van der Waals surface area contributed by atoms with E-state index in [-0.39, 0.29) is 29.5 Å². The molecule has 12 nitrogen and oxygen atoms in total. The predicted octanol–water partition coefficient (Wildman–Crippen LogP) is 10.1. The summed E-state index contributed by atoms with van der Waals surface area (Å²) in [6.45, 7) is 5.51. The Kier molecular flexibility index (Phi) is 14.5. The van der Waals surface area contributed by atoms with Crippen molar-refractivity contribution in [2.45, 2.75) is 51.2 Å². The van der Waals surface area contributed by atoms with Gasteiger partial charge in [0.1, 0.15) is 11.5 Å². The number of nitrogens with zero attached hydrogens (tertiary/aromatic N) is 3. The molecule has 2 aliphatic heterocycles. The van der Waals surface area contributed by atoms with E-state index in [0.29, 0.717) is 34.7 Å². The molecule has 2 saturated heterocycles. The van der Waals surface area contributed by atoms with Gasteiger partial charge in [-0.2, -0.15) is 0 Å². The zero-order valence-electron chi connectivity index (χ0n) is 38.6. The van der Waals surface area contributed by atoms with Crippen LogP contribution in [0.2, 0.25) is 0 Å². The second kappa shape index (κ2) is 21.2. The molecule has 0 aromatic heterocycles.